The van der Waals surface area contributed by atoms with Gasteiger partial charge in [0.1, 0.15) is 11.5 Å². The van der Waals surface area contributed by atoms with E-state index in [1.807, 2.05) is 0 Å². The van der Waals surface area contributed by atoms with E-state index in [0.717, 1.165) is 36.4 Å². The maximum Gasteiger partial charge on any atom is 0.138 e. The molecule has 0 unspecified atom stereocenters. The van der Waals surface area contributed by atoms with Crippen molar-refractivity contribution < 1.29 is 0 Å². The molecule has 3 heteroatoms. The summed E-state index contributed by atoms with van der Waals surface area (Å²) < 4.78 is 2.22. The third kappa shape index (κ3) is 5.12. The maximum atomic E-state index is 4.95. The van der Waals surface area contributed by atoms with Crippen LogP contribution in [-0.2, 0) is 12.8 Å². The molecule has 0 radical (unpaired) electrons. The van der Waals surface area contributed by atoms with Crippen molar-refractivity contribution in [2.24, 2.45) is 5.41 Å². The predicted molar refractivity (Wildman–Crippen MR) is 116 cm³/mol. The third-order valence-electron chi connectivity index (χ3n) is 4.76. The van der Waals surface area contributed by atoms with E-state index in [2.05, 4.69) is 99.9 Å². The molecule has 3 nitrogen and oxygen atoms in total. The Morgan fingerprint density at radius 2 is 1.63 bits per heavy atom. The summed E-state index contributed by atoms with van der Waals surface area (Å²) in [6, 6.07) is 14.9. The van der Waals surface area contributed by atoms with Gasteiger partial charge < -0.3 is 5.32 Å². The van der Waals surface area contributed by atoms with Crippen molar-refractivity contribution in [2.75, 3.05) is 5.32 Å². The Hall–Kier alpha value is -2.29. The molecule has 144 valence electrons. The Morgan fingerprint density at radius 3 is 2.30 bits per heavy atom. The van der Waals surface area contributed by atoms with Crippen LogP contribution in [0.25, 0.3) is 5.65 Å². The molecule has 0 saturated heterocycles. The van der Waals surface area contributed by atoms with Gasteiger partial charge in [0, 0.05) is 11.7 Å². The number of hydrogen-bond donors (Lipinski definition) is 1. The van der Waals surface area contributed by atoms with E-state index in [9.17, 15) is 0 Å². The molecule has 0 fully saturated rings. The minimum atomic E-state index is -0.0144. The van der Waals surface area contributed by atoms with E-state index in [1.54, 1.807) is 0 Å². The van der Waals surface area contributed by atoms with Crippen molar-refractivity contribution in [3.63, 3.8) is 0 Å². The average molecular weight is 364 g/mol. The Balaban J connectivity index is 1.94. The Labute approximate surface area is 163 Å². The Bertz CT molecular complexity index is 899. The molecule has 3 aromatic rings. The fourth-order valence-electron chi connectivity index (χ4n) is 4.10. The van der Waals surface area contributed by atoms with E-state index in [1.165, 1.54) is 11.1 Å². The lowest BCUT2D eigenvalue weighted by Crippen LogP contribution is -2.36. The molecule has 2 heterocycles. The van der Waals surface area contributed by atoms with Crippen LogP contribution in [0, 0.1) is 12.3 Å². The first-order valence-electron chi connectivity index (χ1n) is 9.93. The Morgan fingerprint density at radius 1 is 0.926 bits per heavy atom. The zero-order chi connectivity index (χ0) is 19.7. The number of rotatable bonds is 6. The summed E-state index contributed by atoms with van der Waals surface area (Å²) in [5.41, 5.74) is 5.00. The summed E-state index contributed by atoms with van der Waals surface area (Å²) in [6.07, 6.45) is 5.19. The second-order valence-electron chi connectivity index (χ2n) is 9.57. The van der Waals surface area contributed by atoms with Gasteiger partial charge in [-0.25, -0.2) is 4.98 Å². The van der Waals surface area contributed by atoms with Gasteiger partial charge >= 0.3 is 0 Å². The van der Waals surface area contributed by atoms with E-state index >= 15 is 0 Å². The highest BCUT2D eigenvalue weighted by molar-refractivity contribution is 5.57. The molecule has 0 aliphatic heterocycles. The smallest absolute Gasteiger partial charge is 0.138 e. The lowest BCUT2D eigenvalue weighted by atomic mass is 9.82. The monoisotopic (exact) mass is 363 g/mol. The van der Waals surface area contributed by atoms with Crippen molar-refractivity contribution in [3.8, 4) is 0 Å². The largest absolute Gasteiger partial charge is 0.365 e. The molecule has 0 saturated carbocycles. The highest BCUT2D eigenvalue weighted by Gasteiger charge is 2.27. The van der Waals surface area contributed by atoms with Crippen molar-refractivity contribution in [3.05, 3.63) is 65.5 Å². The molecule has 1 aromatic carbocycles. The summed E-state index contributed by atoms with van der Waals surface area (Å²) in [6.45, 7) is 13.6. The minimum Gasteiger partial charge on any atom is -0.365 e. The normalized spacial score (nSPS) is 12.5. The van der Waals surface area contributed by atoms with Gasteiger partial charge in [0.15, 0.2) is 0 Å². The topological polar surface area (TPSA) is 29.3 Å². The van der Waals surface area contributed by atoms with Gasteiger partial charge in [0.25, 0.3) is 0 Å². The molecule has 0 bridgehead atoms. The number of aromatic nitrogens is 2. The van der Waals surface area contributed by atoms with Crippen LogP contribution in [0.5, 0.6) is 0 Å². The molecule has 2 aromatic heterocycles. The molecule has 0 spiro atoms. The van der Waals surface area contributed by atoms with E-state index in [4.69, 9.17) is 4.98 Å². The zero-order valence-corrected chi connectivity index (χ0v) is 17.6. The Kier molecular flexibility index (Phi) is 5.32. The standard InChI is InChI=1S/C24H33N3/c1-18-12-15-21-25-20(14-13-19-10-8-7-9-11-19)22(27(21)16-18)26-24(5,6)17-23(2,3)4/h7-12,15-16,26H,13-14,17H2,1-6H3. The first kappa shape index (κ1) is 19.5. The molecular formula is C24H33N3. The van der Waals surface area contributed by atoms with Crippen molar-refractivity contribution in [1.29, 1.82) is 0 Å². The fourth-order valence-corrected chi connectivity index (χ4v) is 4.10. The molecule has 0 atom stereocenters. The van der Waals surface area contributed by atoms with Crippen LogP contribution in [0.15, 0.2) is 48.7 Å². The number of pyridine rings is 1. The number of nitrogens with zero attached hydrogens (tertiary/aromatic N) is 2. The predicted octanol–water partition coefficient (Wildman–Crippen LogP) is 6.05. The van der Waals surface area contributed by atoms with Crippen molar-refractivity contribution >= 4 is 11.5 Å². The van der Waals surface area contributed by atoms with Gasteiger partial charge in [-0.15, -0.1) is 0 Å². The van der Waals surface area contributed by atoms with Gasteiger partial charge in [0.2, 0.25) is 0 Å². The quantitative estimate of drug-likeness (QED) is 0.577. The van der Waals surface area contributed by atoms with Gasteiger partial charge in [-0.3, -0.25) is 4.40 Å². The lowest BCUT2D eigenvalue weighted by molar-refractivity contribution is 0.302. The lowest BCUT2D eigenvalue weighted by Gasteiger charge is -2.34. The summed E-state index contributed by atoms with van der Waals surface area (Å²) in [4.78, 5) is 4.95. The second-order valence-corrected chi connectivity index (χ2v) is 9.57. The number of aryl methyl sites for hydroxylation is 3. The van der Waals surface area contributed by atoms with Gasteiger partial charge in [-0.2, -0.15) is 0 Å². The van der Waals surface area contributed by atoms with Crippen LogP contribution in [0.1, 0.15) is 57.9 Å². The molecule has 3 rings (SSSR count). The van der Waals surface area contributed by atoms with E-state index < -0.39 is 0 Å². The number of imidazole rings is 1. The first-order valence-corrected chi connectivity index (χ1v) is 9.93. The summed E-state index contributed by atoms with van der Waals surface area (Å²) >= 11 is 0. The van der Waals surface area contributed by atoms with Crippen LogP contribution in [0.4, 0.5) is 5.82 Å². The van der Waals surface area contributed by atoms with Crippen LogP contribution >= 0.6 is 0 Å². The molecule has 0 amide bonds. The van der Waals surface area contributed by atoms with Gasteiger partial charge in [0.05, 0.1) is 5.69 Å². The number of benzene rings is 1. The highest BCUT2D eigenvalue weighted by Crippen LogP contribution is 2.31. The molecular weight excluding hydrogens is 330 g/mol. The van der Waals surface area contributed by atoms with Gasteiger partial charge in [-0.1, -0.05) is 57.2 Å². The van der Waals surface area contributed by atoms with Crippen molar-refractivity contribution in [2.45, 2.75) is 66.3 Å². The third-order valence-corrected chi connectivity index (χ3v) is 4.76. The number of fused-ring (bicyclic) bond motifs is 1. The first-order chi connectivity index (χ1) is 12.6. The summed E-state index contributed by atoms with van der Waals surface area (Å²) in [7, 11) is 0. The van der Waals surface area contributed by atoms with E-state index in [0.29, 0.717) is 0 Å². The maximum absolute atomic E-state index is 4.95. The van der Waals surface area contributed by atoms with Crippen LogP contribution < -0.4 is 5.32 Å². The number of hydrogen-bond acceptors (Lipinski definition) is 2. The summed E-state index contributed by atoms with van der Waals surface area (Å²) in [5.74, 6) is 1.14. The average Bonchev–Trinajstić information content (AvgIpc) is 2.88. The van der Waals surface area contributed by atoms with Crippen molar-refractivity contribution in [1.82, 2.24) is 9.38 Å². The van der Waals surface area contributed by atoms with Gasteiger partial charge in [-0.05, 0) is 62.6 Å². The molecule has 1 N–H and O–H groups in total. The van der Waals surface area contributed by atoms with Crippen LogP contribution in [-0.4, -0.2) is 14.9 Å². The SMILES string of the molecule is Cc1ccc2nc(CCc3ccccc3)c(NC(C)(C)CC(C)(C)C)n2c1. The molecule has 0 aliphatic rings. The zero-order valence-electron chi connectivity index (χ0n) is 17.6. The highest BCUT2D eigenvalue weighted by atomic mass is 15.2. The van der Waals surface area contributed by atoms with Crippen LogP contribution in [0.3, 0.4) is 0 Å². The second kappa shape index (κ2) is 7.38. The van der Waals surface area contributed by atoms with Crippen LogP contribution in [0.2, 0.25) is 0 Å². The minimum absolute atomic E-state index is 0.0144. The number of nitrogens with one attached hydrogen (secondary N) is 1. The molecule has 27 heavy (non-hydrogen) atoms. The molecule has 0 aliphatic carbocycles. The van der Waals surface area contributed by atoms with E-state index in [-0.39, 0.29) is 11.0 Å². The number of anilines is 1. The summed E-state index contributed by atoms with van der Waals surface area (Å²) in [5, 5.41) is 3.83. The fraction of sp³-hybridized carbons (Fsp3) is 0.458.